The average Bonchev–Trinajstić information content (AvgIpc) is 2.87. The van der Waals surface area contributed by atoms with E-state index in [0.29, 0.717) is 5.69 Å². The van der Waals surface area contributed by atoms with E-state index in [4.69, 9.17) is 0 Å². The second kappa shape index (κ2) is 11.1. The highest BCUT2D eigenvalue weighted by Crippen LogP contribution is 2.24. The third-order valence-electron chi connectivity index (χ3n) is 6.31. The van der Waals surface area contributed by atoms with E-state index in [2.05, 4.69) is 25.4 Å². The molecule has 0 spiro atoms. The number of anilines is 2. The Morgan fingerprint density at radius 1 is 1.00 bits per heavy atom. The minimum atomic E-state index is -0.692. The molecule has 1 fully saturated rings. The second-order valence-electron chi connectivity index (χ2n) is 8.78. The van der Waals surface area contributed by atoms with Gasteiger partial charge in [-0.2, -0.15) is 0 Å². The topological polar surface area (TPSA) is 77.6 Å². The number of amides is 2. The fourth-order valence-electron chi connectivity index (χ4n) is 4.38. The number of benzene rings is 2. The third-order valence-corrected chi connectivity index (χ3v) is 6.31. The number of carbonyl (C=O) groups is 2. The Labute approximate surface area is 205 Å². The molecule has 35 heavy (non-hydrogen) atoms. The molecule has 0 saturated carbocycles. The molecule has 8 heteroatoms. The molecule has 182 valence electrons. The third kappa shape index (κ3) is 6.22. The highest BCUT2D eigenvalue weighted by molar-refractivity contribution is 6.39. The second-order valence-corrected chi connectivity index (χ2v) is 8.78. The van der Waals surface area contributed by atoms with Crippen molar-refractivity contribution >= 4 is 23.2 Å². The Kier molecular flexibility index (Phi) is 7.72. The molecule has 1 aliphatic heterocycles. The van der Waals surface area contributed by atoms with Crippen molar-refractivity contribution in [3.05, 3.63) is 89.5 Å². The number of pyridine rings is 1. The summed E-state index contributed by atoms with van der Waals surface area (Å²) in [6, 6.07) is 15.9. The van der Waals surface area contributed by atoms with Crippen LogP contribution in [0.25, 0.3) is 0 Å². The van der Waals surface area contributed by atoms with Crippen LogP contribution < -0.4 is 15.5 Å². The molecule has 1 saturated heterocycles. The van der Waals surface area contributed by atoms with Gasteiger partial charge in [-0.3, -0.25) is 19.5 Å². The first-order valence-corrected chi connectivity index (χ1v) is 11.7. The summed E-state index contributed by atoms with van der Waals surface area (Å²) >= 11 is 0. The van der Waals surface area contributed by atoms with Gasteiger partial charge in [0.1, 0.15) is 5.82 Å². The van der Waals surface area contributed by atoms with Crippen LogP contribution in [0, 0.1) is 19.7 Å². The van der Waals surface area contributed by atoms with Crippen LogP contribution in [-0.4, -0.2) is 54.4 Å². The van der Waals surface area contributed by atoms with Crippen molar-refractivity contribution in [3.8, 4) is 0 Å². The van der Waals surface area contributed by atoms with E-state index in [1.807, 2.05) is 38.1 Å². The monoisotopic (exact) mass is 475 g/mol. The molecule has 0 aliphatic carbocycles. The molecule has 4 rings (SSSR count). The number of piperazine rings is 1. The van der Waals surface area contributed by atoms with Crippen molar-refractivity contribution in [1.82, 2.24) is 15.2 Å². The molecule has 1 atom stereocenters. The van der Waals surface area contributed by atoms with E-state index >= 15 is 0 Å². The summed E-state index contributed by atoms with van der Waals surface area (Å²) in [7, 11) is 0. The minimum Gasteiger partial charge on any atom is -0.369 e. The lowest BCUT2D eigenvalue weighted by molar-refractivity contribution is -0.136. The van der Waals surface area contributed by atoms with Crippen molar-refractivity contribution in [3.63, 3.8) is 0 Å². The number of hydrogen-bond donors (Lipinski definition) is 2. The fraction of sp³-hybridized carbons (Fsp3) is 0.296. The smallest absolute Gasteiger partial charge is 0.313 e. The lowest BCUT2D eigenvalue weighted by atomic mass is 10.1. The van der Waals surface area contributed by atoms with Crippen LogP contribution in [-0.2, 0) is 9.59 Å². The molecule has 2 aromatic carbocycles. The molecule has 0 unspecified atom stereocenters. The first kappa shape index (κ1) is 24.3. The van der Waals surface area contributed by atoms with Crippen LogP contribution in [0.3, 0.4) is 0 Å². The van der Waals surface area contributed by atoms with Gasteiger partial charge in [0.2, 0.25) is 0 Å². The molecule has 2 amide bonds. The summed E-state index contributed by atoms with van der Waals surface area (Å²) in [5.41, 5.74) is 4.57. The van der Waals surface area contributed by atoms with E-state index < -0.39 is 11.8 Å². The number of aryl methyl sites for hydroxylation is 2. The van der Waals surface area contributed by atoms with Gasteiger partial charge in [0, 0.05) is 56.5 Å². The number of nitrogens with zero attached hydrogens (tertiary/aromatic N) is 3. The van der Waals surface area contributed by atoms with E-state index in [-0.39, 0.29) is 18.4 Å². The maximum atomic E-state index is 13.3. The van der Waals surface area contributed by atoms with Crippen molar-refractivity contribution < 1.29 is 14.0 Å². The Morgan fingerprint density at radius 3 is 2.40 bits per heavy atom. The Bertz CT molecular complexity index is 1160. The number of aromatic nitrogens is 1. The zero-order valence-electron chi connectivity index (χ0n) is 20.0. The number of halogens is 1. The van der Waals surface area contributed by atoms with Gasteiger partial charge in [0.15, 0.2) is 0 Å². The van der Waals surface area contributed by atoms with Gasteiger partial charge >= 0.3 is 11.8 Å². The van der Waals surface area contributed by atoms with Gasteiger partial charge in [-0.05, 0) is 61.4 Å². The van der Waals surface area contributed by atoms with Gasteiger partial charge in [-0.1, -0.05) is 23.8 Å². The largest absolute Gasteiger partial charge is 0.369 e. The van der Waals surface area contributed by atoms with Crippen LogP contribution in [0.5, 0.6) is 0 Å². The van der Waals surface area contributed by atoms with Crippen molar-refractivity contribution in [2.24, 2.45) is 0 Å². The van der Waals surface area contributed by atoms with Gasteiger partial charge < -0.3 is 15.5 Å². The zero-order valence-corrected chi connectivity index (χ0v) is 20.0. The summed E-state index contributed by atoms with van der Waals surface area (Å²) in [4.78, 5) is 33.9. The van der Waals surface area contributed by atoms with Crippen LogP contribution in [0.4, 0.5) is 15.8 Å². The maximum absolute atomic E-state index is 13.3. The molecule has 7 nitrogen and oxygen atoms in total. The van der Waals surface area contributed by atoms with Crippen LogP contribution in [0.1, 0.15) is 22.7 Å². The van der Waals surface area contributed by atoms with Gasteiger partial charge in [0.05, 0.1) is 6.04 Å². The lowest BCUT2D eigenvalue weighted by Crippen LogP contribution is -2.50. The average molecular weight is 476 g/mol. The lowest BCUT2D eigenvalue weighted by Gasteiger charge is -2.40. The first-order chi connectivity index (χ1) is 16.9. The highest BCUT2D eigenvalue weighted by Gasteiger charge is 2.27. The number of hydrogen-bond acceptors (Lipinski definition) is 5. The van der Waals surface area contributed by atoms with E-state index in [1.54, 1.807) is 30.6 Å². The summed E-state index contributed by atoms with van der Waals surface area (Å²) in [6.45, 7) is 7.19. The summed E-state index contributed by atoms with van der Waals surface area (Å²) in [5.74, 6) is -1.62. The molecule has 0 radical (unpaired) electrons. The first-order valence-electron chi connectivity index (χ1n) is 11.7. The molecular weight excluding hydrogens is 445 g/mol. The Balaban J connectivity index is 1.39. The predicted octanol–water partition coefficient (Wildman–Crippen LogP) is 3.46. The number of rotatable bonds is 6. The molecule has 2 N–H and O–H groups in total. The fourth-order valence-corrected chi connectivity index (χ4v) is 4.38. The molecule has 2 heterocycles. The summed E-state index contributed by atoms with van der Waals surface area (Å²) < 4.78 is 13.3. The standard InChI is InChI=1S/C27H30FN5O2/c1-19-5-10-24(20(2)16-19)31-27(35)26(34)30-18-25(21-4-3-11-29-17-21)33-14-12-32(13-15-33)23-8-6-22(28)7-9-23/h3-11,16-17,25H,12-15,18H2,1-2H3,(H,30,34)(H,31,35)/t25-/m1/s1. The quantitative estimate of drug-likeness (QED) is 0.534. The maximum Gasteiger partial charge on any atom is 0.313 e. The van der Waals surface area contributed by atoms with Gasteiger partial charge in [0.25, 0.3) is 0 Å². The predicted molar refractivity (Wildman–Crippen MR) is 135 cm³/mol. The Morgan fingerprint density at radius 2 is 1.74 bits per heavy atom. The SMILES string of the molecule is Cc1ccc(NC(=O)C(=O)NC[C@H](c2cccnc2)N2CCN(c3ccc(F)cc3)CC2)c(C)c1. The van der Waals surface area contributed by atoms with E-state index in [1.165, 1.54) is 12.1 Å². The zero-order chi connectivity index (χ0) is 24.8. The summed E-state index contributed by atoms with van der Waals surface area (Å²) in [5, 5.41) is 5.50. The molecule has 0 bridgehead atoms. The van der Waals surface area contributed by atoms with Crippen molar-refractivity contribution in [2.45, 2.75) is 19.9 Å². The molecule has 1 aromatic heterocycles. The molecule has 1 aliphatic rings. The van der Waals surface area contributed by atoms with Crippen molar-refractivity contribution in [2.75, 3.05) is 42.9 Å². The van der Waals surface area contributed by atoms with Crippen molar-refractivity contribution in [1.29, 1.82) is 0 Å². The van der Waals surface area contributed by atoms with E-state index in [9.17, 15) is 14.0 Å². The molecular formula is C27H30FN5O2. The normalized spacial score (nSPS) is 14.9. The number of carbonyl (C=O) groups excluding carboxylic acids is 2. The minimum absolute atomic E-state index is 0.128. The van der Waals surface area contributed by atoms with Crippen LogP contribution in [0.15, 0.2) is 67.0 Å². The Hall–Kier alpha value is -3.78. The van der Waals surface area contributed by atoms with Crippen LogP contribution >= 0.6 is 0 Å². The van der Waals surface area contributed by atoms with Gasteiger partial charge in [-0.15, -0.1) is 0 Å². The van der Waals surface area contributed by atoms with Gasteiger partial charge in [-0.25, -0.2) is 4.39 Å². The highest BCUT2D eigenvalue weighted by atomic mass is 19.1. The van der Waals surface area contributed by atoms with E-state index in [0.717, 1.165) is 48.6 Å². The molecule has 3 aromatic rings. The van der Waals surface area contributed by atoms with Crippen LogP contribution in [0.2, 0.25) is 0 Å². The summed E-state index contributed by atoms with van der Waals surface area (Å²) in [6.07, 6.45) is 3.50. The number of nitrogens with one attached hydrogen (secondary N) is 2.